The Morgan fingerprint density at radius 2 is 1.78 bits per heavy atom. The summed E-state index contributed by atoms with van der Waals surface area (Å²) in [6, 6.07) is 0. The molecule has 1 aliphatic rings. The lowest BCUT2D eigenvalue weighted by Crippen LogP contribution is -2.53. The molecule has 18 heavy (non-hydrogen) atoms. The molecule has 1 aromatic heterocycles. The Bertz CT molecular complexity index is 541. The van der Waals surface area contributed by atoms with Gasteiger partial charge in [0.1, 0.15) is 5.15 Å². The number of piperidine rings is 1. The molecule has 2 rings (SSSR count). The van der Waals surface area contributed by atoms with Crippen molar-refractivity contribution in [3.05, 3.63) is 31.6 Å². The van der Waals surface area contributed by atoms with Crippen LogP contribution in [0.5, 0.6) is 0 Å². The van der Waals surface area contributed by atoms with Crippen LogP contribution in [0, 0.1) is 0 Å². The molecule has 5 nitrogen and oxygen atoms in total. The summed E-state index contributed by atoms with van der Waals surface area (Å²) < 4.78 is 1.21. The lowest BCUT2D eigenvalue weighted by atomic mass is 10.1. The van der Waals surface area contributed by atoms with Crippen molar-refractivity contribution in [2.75, 3.05) is 18.1 Å². The lowest BCUT2D eigenvalue weighted by Gasteiger charge is -2.29. The molecule has 1 aliphatic heterocycles. The van der Waals surface area contributed by atoms with E-state index in [1.54, 1.807) is 0 Å². The largest absolute Gasteiger partial charge is 0.348 e. The van der Waals surface area contributed by atoms with Gasteiger partial charge >= 0.3 is 5.69 Å². The zero-order chi connectivity index (χ0) is 13.3. The second-order valence-electron chi connectivity index (χ2n) is 4.94. The summed E-state index contributed by atoms with van der Waals surface area (Å²) in [6.07, 6.45) is 3.16. The molecule has 0 saturated carbocycles. The van der Waals surface area contributed by atoms with Crippen molar-refractivity contribution < 1.29 is 0 Å². The van der Waals surface area contributed by atoms with Crippen molar-refractivity contribution in [1.82, 2.24) is 9.66 Å². The minimum Gasteiger partial charge on any atom is -0.306 e. The highest BCUT2D eigenvalue weighted by molar-refractivity contribution is 6.30. The van der Waals surface area contributed by atoms with E-state index in [2.05, 4.69) is 4.98 Å². The van der Waals surface area contributed by atoms with Gasteiger partial charge in [0.15, 0.2) is 0 Å². The van der Waals surface area contributed by atoms with Crippen LogP contribution in [0.2, 0.25) is 5.15 Å². The minimum absolute atomic E-state index is 0.0158. The fourth-order valence-corrected chi connectivity index (χ4v) is 2.73. The standard InChI is InChI=1S/C12H18ClN3O2/c1-8(2)9-10(13)14-12(18)16(11(9)17)15-6-4-3-5-7-15/h8H,3-7H2,1-2H3,(H,14,18). The van der Waals surface area contributed by atoms with Gasteiger partial charge in [-0.25, -0.2) is 4.79 Å². The number of halogens is 1. The predicted molar refractivity (Wildman–Crippen MR) is 72.2 cm³/mol. The van der Waals surface area contributed by atoms with Crippen LogP contribution in [-0.4, -0.2) is 22.7 Å². The maximum absolute atomic E-state index is 12.4. The smallest absolute Gasteiger partial charge is 0.306 e. The van der Waals surface area contributed by atoms with E-state index in [0.29, 0.717) is 5.56 Å². The second-order valence-corrected chi connectivity index (χ2v) is 5.32. The number of H-pyrrole nitrogens is 1. The van der Waals surface area contributed by atoms with Gasteiger partial charge < -0.3 is 5.01 Å². The van der Waals surface area contributed by atoms with E-state index in [4.69, 9.17) is 11.6 Å². The molecule has 0 atom stereocenters. The van der Waals surface area contributed by atoms with Gasteiger partial charge in [0.25, 0.3) is 5.56 Å². The molecule has 100 valence electrons. The van der Waals surface area contributed by atoms with Crippen molar-refractivity contribution in [2.24, 2.45) is 0 Å². The first kappa shape index (κ1) is 13.2. The van der Waals surface area contributed by atoms with E-state index in [-0.39, 0.29) is 16.6 Å². The predicted octanol–water partition coefficient (Wildman–Crippen LogP) is 1.44. The van der Waals surface area contributed by atoms with E-state index in [9.17, 15) is 9.59 Å². The molecule has 1 aromatic rings. The SMILES string of the molecule is CC(C)c1c(Cl)[nH]c(=O)n(N2CCCCC2)c1=O. The number of hydrogen-bond acceptors (Lipinski definition) is 3. The fraction of sp³-hybridized carbons (Fsp3) is 0.667. The second kappa shape index (κ2) is 5.18. The summed E-state index contributed by atoms with van der Waals surface area (Å²) in [5.41, 5.74) is -0.265. The summed E-state index contributed by atoms with van der Waals surface area (Å²) in [5, 5.41) is 1.97. The summed E-state index contributed by atoms with van der Waals surface area (Å²) in [4.78, 5) is 26.8. The van der Waals surface area contributed by atoms with Gasteiger partial charge in [-0.3, -0.25) is 9.78 Å². The van der Waals surface area contributed by atoms with Crippen LogP contribution in [0.3, 0.4) is 0 Å². The Hall–Kier alpha value is -1.23. The van der Waals surface area contributed by atoms with Crippen LogP contribution in [0.25, 0.3) is 0 Å². The molecule has 0 bridgehead atoms. The summed E-state index contributed by atoms with van der Waals surface area (Å²) >= 11 is 5.95. The number of rotatable bonds is 2. The first-order valence-electron chi connectivity index (χ1n) is 6.32. The Labute approximate surface area is 110 Å². The molecule has 0 spiro atoms. The van der Waals surface area contributed by atoms with Crippen molar-refractivity contribution in [1.29, 1.82) is 0 Å². The first-order valence-corrected chi connectivity index (χ1v) is 6.70. The summed E-state index contributed by atoms with van der Waals surface area (Å²) in [6.45, 7) is 5.26. The van der Waals surface area contributed by atoms with Crippen molar-refractivity contribution in [3.63, 3.8) is 0 Å². The number of hydrogen-bond donors (Lipinski definition) is 1. The third-order valence-electron chi connectivity index (χ3n) is 3.26. The molecular weight excluding hydrogens is 254 g/mol. The van der Waals surface area contributed by atoms with Crippen LogP contribution in [0.1, 0.15) is 44.6 Å². The van der Waals surface area contributed by atoms with Gasteiger partial charge in [-0.15, -0.1) is 0 Å². The molecule has 1 fully saturated rings. The summed E-state index contributed by atoms with van der Waals surface area (Å²) in [7, 11) is 0. The first-order chi connectivity index (χ1) is 8.52. The Balaban J connectivity index is 2.56. The van der Waals surface area contributed by atoms with Crippen LogP contribution in [0.15, 0.2) is 9.59 Å². The minimum atomic E-state index is -0.448. The zero-order valence-corrected chi connectivity index (χ0v) is 11.5. The maximum atomic E-state index is 12.4. The van der Waals surface area contributed by atoms with Gasteiger partial charge in [0.05, 0.1) is 5.56 Å². The average Bonchev–Trinajstić information content (AvgIpc) is 2.28. The number of nitrogens with one attached hydrogen (secondary N) is 1. The van der Waals surface area contributed by atoms with Crippen LogP contribution >= 0.6 is 11.6 Å². The van der Waals surface area contributed by atoms with Gasteiger partial charge in [-0.1, -0.05) is 25.4 Å². The van der Waals surface area contributed by atoms with Crippen LogP contribution < -0.4 is 16.3 Å². The van der Waals surface area contributed by atoms with Crippen molar-refractivity contribution in [3.8, 4) is 0 Å². The molecule has 0 aromatic carbocycles. The molecule has 0 aliphatic carbocycles. The highest BCUT2D eigenvalue weighted by Crippen LogP contribution is 2.16. The third kappa shape index (κ3) is 2.32. The van der Waals surface area contributed by atoms with Crippen molar-refractivity contribution >= 4 is 11.6 Å². The number of nitrogens with zero attached hydrogens (tertiary/aromatic N) is 2. The van der Waals surface area contributed by atoms with E-state index in [1.165, 1.54) is 4.68 Å². The molecule has 0 radical (unpaired) electrons. The monoisotopic (exact) mass is 271 g/mol. The molecule has 2 heterocycles. The Morgan fingerprint density at radius 3 is 2.33 bits per heavy atom. The van der Waals surface area contributed by atoms with E-state index >= 15 is 0 Å². The van der Waals surface area contributed by atoms with E-state index in [0.717, 1.165) is 32.4 Å². The normalized spacial score (nSPS) is 16.3. The molecule has 6 heteroatoms. The van der Waals surface area contributed by atoms with E-state index < -0.39 is 5.69 Å². The molecule has 1 N–H and O–H groups in total. The van der Waals surface area contributed by atoms with Crippen LogP contribution in [-0.2, 0) is 0 Å². The van der Waals surface area contributed by atoms with Gasteiger partial charge in [-0.05, 0) is 25.2 Å². The number of aromatic amines is 1. The molecule has 0 unspecified atom stereocenters. The summed E-state index contributed by atoms with van der Waals surface area (Å²) in [5.74, 6) is -0.0158. The highest BCUT2D eigenvalue weighted by Gasteiger charge is 2.20. The van der Waals surface area contributed by atoms with Gasteiger partial charge in [0, 0.05) is 13.1 Å². The molecule has 0 amide bonds. The number of aromatic nitrogens is 2. The van der Waals surface area contributed by atoms with Crippen molar-refractivity contribution in [2.45, 2.75) is 39.0 Å². The maximum Gasteiger partial charge on any atom is 0.348 e. The fourth-order valence-electron chi connectivity index (χ4n) is 2.35. The Kier molecular flexibility index (Phi) is 3.80. The Morgan fingerprint density at radius 1 is 1.17 bits per heavy atom. The average molecular weight is 272 g/mol. The quantitative estimate of drug-likeness (QED) is 0.828. The van der Waals surface area contributed by atoms with Gasteiger partial charge in [0.2, 0.25) is 0 Å². The van der Waals surface area contributed by atoms with Gasteiger partial charge in [-0.2, -0.15) is 4.68 Å². The molecule has 1 saturated heterocycles. The zero-order valence-electron chi connectivity index (χ0n) is 10.7. The van der Waals surface area contributed by atoms with E-state index in [1.807, 2.05) is 18.9 Å². The van der Waals surface area contributed by atoms with Crippen LogP contribution in [0.4, 0.5) is 0 Å². The molecular formula is C12H18ClN3O2. The lowest BCUT2D eigenvalue weighted by molar-refractivity contribution is 0.453. The topological polar surface area (TPSA) is 58.1 Å². The highest BCUT2D eigenvalue weighted by atomic mass is 35.5. The third-order valence-corrected chi connectivity index (χ3v) is 3.56.